The molecule has 1 aromatic heterocycles. The maximum Gasteiger partial charge on any atom is 0.227 e. The van der Waals surface area contributed by atoms with Crippen LogP contribution in [0.4, 0.5) is 10.3 Å². The Morgan fingerprint density at radius 1 is 1.14 bits per heavy atom. The van der Waals surface area contributed by atoms with E-state index in [0.717, 1.165) is 42.9 Å². The second kappa shape index (κ2) is 11.7. The molecule has 3 aliphatic rings. The quantitative estimate of drug-likeness (QED) is 0.456. The maximum atomic E-state index is 14.6. The number of hydrogen-bond donors (Lipinski definition) is 0. The Hall–Kier alpha value is -2.78. The smallest absolute Gasteiger partial charge is 0.227 e. The van der Waals surface area contributed by atoms with E-state index in [4.69, 9.17) is 14.2 Å². The van der Waals surface area contributed by atoms with Gasteiger partial charge in [-0.1, -0.05) is 6.07 Å². The van der Waals surface area contributed by atoms with E-state index in [2.05, 4.69) is 14.9 Å². The zero-order valence-electron chi connectivity index (χ0n) is 21.8. The molecule has 200 valence electrons. The van der Waals surface area contributed by atoms with E-state index in [9.17, 15) is 9.18 Å². The number of likely N-dealkylation sites (tertiary alicyclic amines) is 1. The normalized spacial score (nSPS) is 22.1. The van der Waals surface area contributed by atoms with E-state index in [0.29, 0.717) is 43.5 Å². The maximum absolute atomic E-state index is 14.6. The predicted octanol–water partition coefficient (Wildman–Crippen LogP) is 3.48. The first kappa shape index (κ1) is 25.9. The Labute approximate surface area is 218 Å². The van der Waals surface area contributed by atoms with Gasteiger partial charge in [0, 0.05) is 64.4 Å². The highest BCUT2D eigenvalue weighted by Crippen LogP contribution is 2.49. The highest BCUT2D eigenvalue weighted by atomic mass is 19.1. The van der Waals surface area contributed by atoms with Gasteiger partial charge in [-0.25, -0.2) is 14.4 Å². The molecule has 8 nitrogen and oxygen atoms in total. The van der Waals surface area contributed by atoms with Crippen LogP contribution in [0.15, 0.2) is 30.6 Å². The summed E-state index contributed by atoms with van der Waals surface area (Å²) in [6.45, 7) is 4.27. The van der Waals surface area contributed by atoms with E-state index in [-0.39, 0.29) is 24.2 Å². The number of anilines is 1. The van der Waals surface area contributed by atoms with Crippen molar-refractivity contribution in [1.29, 1.82) is 0 Å². The fourth-order valence-electron chi connectivity index (χ4n) is 5.62. The highest BCUT2D eigenvalue weighted by Gasteiger charge is 2.43. The van der Waals surface area contributed by atoms with Gasteiger partial charge in [0.1, 0.15) is 11.6 Å². The molecule has 0 spiro atoms. The fourth-order valence-corrected chi connectivity index (χ4v) is 5.62. The summed E-state index contributed by atoms with van der Waals surface area (Å²) in [4.78, 5) is 25.3. The Morgan fingerprint density at radius 3 is 2.57 bits per heavy atom. The second-order valence-corrected chi connectivity index (χ2v) is 10.5. The van der Waals surface area contributed by atoms with Crippen LogP contribution in [0, 0.1) is 23.6 Å². The number of ether oxygens (including phenoxy) is 3. The van der Waals surface area contributed by atoms with Gasteiger partial charge < -0.3 is 24.0 Å². The zero-order chi connectivity index (χ0) is 25.8. The molecule has 1 amide bonds. The Kier molecular flexibility index (Phi) is 8.20. The summed E-state index contributed by atoms with van der Waals surface area (Å²) >= 11 is 0. The van der Waals surface area contributed by atoms with Gasteiger partial charge in [0.15, 0.2) is 0 Å². The summed E-state index contributed by atoms with van der Waals surface area (Å²) in [6, 6.07) is 4.84. The van der Waals surface area contributed by atoms with Gasteiger partial charge in [-0.05, 0) is 55.1 Å². The number of hydrogen-bond acceptors (Lipinski definition) is 7. The predicted molar refractivity (Wildman–Crippen MR) is 137 cm³/mol. The number of carbonyl (C=O) groups is 1. The number of nitrogens with zero attached hydrogens (tertiary/aromatic N) is 4. The van der Waals surface area contributed by atoms with Gasteiger partial charge in [-0.2, -0.15) is 0 Å². The molecular weight excluding hydrogens is 475 g/mol. The van der Waals surface area contributed by atoms with Crippen LogP contribution in [0.25, 0.3) is 0 Å². The van der Waals surface area contributed by atoms with Crippen molar-refractivity contribution in [1.82, 2.24) is 14.9 Å². The minimum atomic E-state index is -0.386. The summed E-state index contributed by atoms with van der Waals surface area (Å²) in [5.41, 5.74) is 1.39. The third kappa shape index (κ3) is 6.38. The molecule has 0 bridgehead atoms. The van der Waals surface area contributed by atoms with E-state index in [1.807, 2.05) is 12.4 Å². The van der Waals surface area contributed by atoms with Crippen molar-refractivity contribution in [3.8, 4) is 5.75 Å². The third-order valence-corrected chi connectivity index (χ3v) is 8.07. The fraction of sp³-hybridized carbons (Fsp3) is 0.607. The number of methoxy groups -OCH3 is 2. The van der Waals surface area contributed by atoms with E-state index < -0.39 is 0 Å². The van der Waals surface area contributed by atoms with Crippen LogP contribution in [0.3, 0.4) is 0 Å². The van der Waals surface area contributed by atoms with Crippen LogP contribution >= 0.6 is 0 Å². The van der Waals surface area contributed by atoms with Gasteiger partial charge in [-0.3, -0.25) is 4.79 Å². The molecular formula is C28H37FN4O4. The lowest BCUT2D eigenvalue weighted by Gasteiger charge is -2.38. The van der Waals surface area contributed by atoms with Crippen LogP contribution in [-0.4, -0.2) is 73.9 Å². The standard InChI is InChI=1S/C28H37FN4O4/c1-35-18-19-14-30-28(31-15-19)32-8-5-20(6-9-32)25-11-21(25)7-10-37-23-4-3-22(26(29)13-23)12-27(34)33-16-24(17-33)36-2/h3-4,13-15,20-21,24-25H,5-12,16-18H2,1-2H3/t21-,25-/m1/s1. The van der Waals surface area contributed by atoms with E-state index >= 15 is 0 Å². The first-order chi connectivity index (χ1) is 18.0. The number of aromatic nitrogens is 2. The summed E-state index contributed by atoms with van der Waals surface area (Å²) in [7, 11) is 3.31. The van der Waals surface area contributed by atoms with Crippen LogP contribution in [0.5, 0.6) is 5.75 Å². The van der Waals surface area contributed by atoms with Gasteiger partial charge in [0.2, 0.25) is 11.9 Å². The summed E-state index contributed by atoms with van der Waals surface area (Å²) in [5, 5.41) is 0. The van der Waals surface area contributed by atoms with E-state index in [1.165, 1.54) is 25.3 Å². The zero-order valence-corrected chi connectivity index (χ0v) is 21.8. The molecule has 2 saturated heterocycles. The Balaban J connectivity index is 1.00. The van der Waals surface area contributed by atoms with E-state index in [1.54, 1.807) is 31.3 Å². The number of piperidine rings is 1. The molecule has 3 heterocycles. The number of carbonyl (C=O) groups excluding carboxylic acids is 1. The molecule has 9 heteroatoms. The van der Waals surface area contributed by atoms with Crippen molar-refractivity contribution in [2.24, 2.45) is 17.8 Å². The molecule has 1 aliphatic carbocycles. The lowest BCUT2D eigenvalue weighted by Crippen LogP contribution is -2.54. The lowest BCUT2D eigenvalue weighted by atomic mass is 9.90. The molecule has 2 aliphatic heterocycles. The number of amides is 1. The van der Waals surface area contributed by atoms with Crippen molar-refractivity contribution >= 4 is 11.9 Å². The van der Waals surface area contributed by atoms with Crippen LogP contribution in [0.2, 0.25) is 0 Å². The van der Waals surface area contributed by atoms with Gasteiger partial charge in [-0.15, -0.1) is 0 Å². The minimum Gasteiger partial charge on any atom is -0.493 e. The summed E-state index contributed by atoms with van der Waals surface area (Å²) in [6.07, 6.45) is 8.44. The highest BCUT2D eigenvalue weighted by molar-refractivity contribution is 5.79. The SMILES string of the molecule is COCc1cnc(N2CCC([C@H]3C[C@H]3CCOc3ccc(CC(=O)N4CC(OC)C4)c(F)c3)CC2)nc1. The van der Waals surface area contributed by atoms with Crippen molar-refractivity contribution in [3.05, 3.63) is 47.5 Å². The molecule has 3 fully saturated rings. The Morgan fingerprint density at radius 2 is 1.89 bits per heavy atom. The first-order valence-electron chi connectivity index (χ1n) is 13.3. The Bertz CT molecular complexity index is 1050. The topological polar surface area (TPSA) is 77.0 Å². The second-order valence-electron chi connectivity index (χ2n) is 10.5. The van der Waals surface area contributed by atoms with Gasteiger partial charge in [0.25, 0.3) is 0 Å². The molecule has 0 unspecified atom stereocenters. The van der Waals surface area contributed by atoms with Crippen molar-refractivity contribution < 1.29 is 23.4 Å². The third-order valence-electron chi connectivity index (χ3n) is 8.07. The van der Waals surface area contributed by atoms with Gasteiger partial charge in [0.05, 0.1) is 25.7 Å². The number of halogens is 1. The number of benzene rings is 1. The average molecular weight is 513 g/mol. The molecule has 1 aromatic carbocycles. The molecule has 0 radical (unpaired) electrons. The lowest BCUT2D eigenvalue weighted by molar-refractivity contribution is -0.142. The summed E-state index contributed by atoms with van der Waals surface area (Å²) < 4.78 is 30.7. The van der Waals surface area contributed by atoms with Crippen molar-refractivity contribution in [2.75, 3.05) is 51.9 Å². The van der Waals surface area contributed by atoms with Crippen LogP contribution in [-0.2, 0) is 27.3 Å². The monoisotopic (exact) mass is 512 g/mol. The molecule has 2 aromatic rings. The molecule has 37 heavy (non-hydrogen) atoms. The summed E-state index contributed by atoms with van der Waals surface area (Å²) in [5.74, 6) is 3.08. The number of rotatable bonds is 11. The van der Waals surface area contributed by atoms with Gasteiger partial charge >= 0.3 is 0 Å². The minimum absolute atomic E-state index is 0.0658. The van der Waals surface area contributed by atoms with Crippen LogP contribution < -0.4 is 9.64 Å². The molecule has 5 rings (SSSR count). The van der Waals surface area contributed by atoms with Crippen molar-refractivity contribution in [2.45, 2.75) is 44.8 Å². The van der Waals surface area contributed by atoms with Crippen molar-refractivity contribution in [3.63, 3.8) is 0 Å². The molecule has 0 N–H and O–H groups in total. The van der Waals surface area contributed by atoms with Crippen LogP contribution in [0.1, 0.15) is 36.8 Å². The first-order valence-corrected chi connectivity index (χ1v) is 13.3. The molecule has 2 atom stereocenters. The average Bonchev–Trinajstić information content (AvgIpc) is 3.65. The largest absolute Gasteiger partial charge is 0.493 e. The molecule has 1 saturated carbocycles.